The fourth-order valence-corrected chi connectivity index (χ4v) is 4.54. The molecule has 7 heteroatoms. The van der Waals surface area contributed by atoms with Crippen LogP contribution in [0.15, 0.2) is 36.2 Å². The molecule has 2 aliphatic rings. The van der Waals surface area contributed by atoms with Gasteiger partial charge in [0.2, 0.25) is 0 Å². The summed E-state index contributed by atoms with van der Waals surface area (Å²) in [4.78, 5) is 0. The molecule has 0 aliphatic heterocycles. The first-order valence-electron chi connectivity index (χ1n) is 10.6. The van der Waals surface area contributed by atoms with E-state index in [9.17, 15) is 17.6 Å². The molecule has 0 atom stereocenters. The molecule has 0 saturated heterocycles. The topological polar surface area (TPSA) is 42.2 Å². The van der Waals surface area contributed by atoms with Crippen LogP contribution in [0.25, 0.3) is 0 Å². The van der Waals surface area contributed by atoms with Gasteiger partial charge >= 0.3 is 6.36 Å². The molecule has 30 heavy (non-hydrogen) atoms. The van der Waals surface area contributed by atoms with Crippen molar-refractivity contribution >= 4 is 0 Å². The van der Waals surface area contributed by atoms with Crippen LogP contribution < -0.4 is 4.74 Å². The highest BCUT2D eigenvalue weighted by Gasteiger charge is 2.31. The molecule has 2 saturated carbocycles. The molecule has 0 aromatic heterocycles. The Balaban J connectivity index is 1.37. The van der Waals surface area contributed by atoms with Crippen molar-refractivity contribution in [3.8, 4) is 11.8 Å². The van der Waals surface area contributed by atoms with E-state index in [4.69, 9.17) is 10.00 Å². The number of benzene rings is 1. The van der Waals surface area contributed by atoms with Crippen molar-refractivity contribution in [3.63, 3.8) is 0 Å². The summed E-state index contributed by atoms with van der Waals surface area (Å²) in [6.45, 7) is 0.725. The Kier molecular flexibility index (Phi) is 7.76. The molecule has 0 heterocycles. The number of nitrogens with zero attached hydrogens (tertiary/aromatic N) is 1. The smallest absolute Gasteiger partial charge is 0.406 e. The number of hydrogen-bond donors (Lipinski definition) is 0. The first-order valence-corrected chi connectivity index (χ1v) is 10.6. The molecule has 2 fully saturated rings. The lowest BCUT2D eigenvalue weighted by atomic mass is 9.79. The Morgan fingerprint density at radius 3 is 2.20 bits per heavy atom. The predicted molar refractivity (Wildman–Crippen MR) is 104 cm³/mol. The van der Waals surface area contributed by atoms with Gasteiger partial charge in [-0.2, -0.15) is 9.65 Å². The minimum absolute atomic E-state index is 0.132. The molecular formula is C23H27F4NO2. The van der Waals surface area contributed by atoms with E-state index >= 15 is 0 Å². The maximum atomic E-state index is 13.1. The second-order valence-corrected chi connectivity index (χ2v) is 8.33. The molecular weight excluding hydrogens is 398 g/mol. The van der Waals surface area contributed by atoms with Crippen molar-refractivity contribution in [3.05, 3.63) is 41.7 Å². The number of rotatable bonds is 6. The highest BCUT2D eigenvalue weighted by atomic mass is 19.4. The van der Waals surface area contributed by atoms with Gasteiger partial charge < -0.3 is 9.47 Å². The van der Waals surface area contributed by atoms with Gasteiger partial charge in [0.25, 0.3) is 0 Å². The third-order valence-corrected chi connectivity index (χ3v) is 6.21. The Morgan fingerprint density at radius 1 is 1.00 bits per heavy atom. The van der Waals surface area contributed by atoms with Gasteiger partial charge in [-0.15, -0.1) is 13.2 Å². The second-order valence-electron chi connectivity index (χ2n) is 8.33. The average molecular weight is 425 g/mol. The van der Waals surface area contributed by atoms with E-state index in [0.29, 0.717) is 11.8 Å². The van der Waals surface area contributed by atoms with Crippen LogP contribution in [0.4, 0.5) is 17.6 Å². The molecule has 164 valence electrons. The SMILES string of the molecule is N#C/C(F)=C/C1CCC(OCC2CCC(c3ccc(OC(F)(F)F)cc3)CC2)CC1. The summed E-state index contributed by atoms with van der Waals surface area (Å²) >= 11 is 0. The zero-order valence-corrected chi connectivity index (χ0v) is 16.8. The first-order chi connectivity index (χ1) is 14.3. The van der Waals surface area contributed by atoms with E-state index in [-0.39, 0.29) is 17.8 Å². The van der Waals surface area contributed by atoms with Crippen molar-refractivity contribution in [2.75, 3.05) is 6.61 Å². The number of nitriles is 1. The summed E-state index contributed by atoms with van der Waals surface area (Å²) in [5.41, 5.74) is 1.06. The molecule has 3 rings (SSSR count). The third-order valence-electron chi connectivity index (χ3n) is 6.21. The van der Waals surface area contributed by atoms with Gasteiger partial charge in [-0.1, -0.05) is 12.1 Å². The zero-order valence-electron chi connectivity index (χ0n) is 16.8. The van der Waals surface area contributed by atoms with E-state index < -0.39 is 12.2 Å². The van der Waals surface area contributed by atoms with Crippen LogP contribution in [0.1, 0.15) is 62.8 Å². The van der Waals surface area contributed by atoms with E-state index in [1.54, 1.807) is 12.1 Å². The summed E-state index contributed by atoms with van der Waals surface area (Å²) in [5.74, 6) is 0.113. The van der Waals surface area contributed by atoms with Crippen molar-refractivity contribution < 1.29 is 27.0 Å². The van der Waals surface area contributed by atoms with Crippen LogP contribution in [0.5, 0.6) is 5.75 Å². The standard InChI is InChI=1S/C23H27F4NO2/c24-20(14-28)13-16-3-9-21(10-4-16)29-15-17-1-5-18(6-2-17)19-7-11-22(12-8-19)30-23(25,26)27/h7-8,11-13,16-18,21H,1-6,9-10,15H2/b20-13-. The number of alkyl halides is 3. The second kappa shape index (κ2) is 10.3. The fourth-order valence-electron chi connectivity index (χ4n) is 4.54. The van der Waals surface area contributed by atoms with Crippen molar-refractivity contribution in [1.82, 2.24) is 0 Å². The van der Waals surface area contributed by atoms with Crippen LogP contribution in [-0.2, 0) is 4.74 Å². The van der Waals surface area contributed by atoms with Gasteiger partial charge in [-0.3, -0.25) is 0 Å². The van der Waals surface area contributed by atoms with E-state index in [1.165, 1.54) is 24.3 Å². The molecule has 1 aromatic rings. The van der Waals surface area contributed by atoms with Crippen LogP contribution in [0.3, 0.4) is 0 Å². The van der Waals surface area contributed by atoms with Gasteiger partial charge in [-0.25, -0.2) is 0 Å². The minimum atomic E-state index is -4.66. The molecule has 0 bridgehead atoms. The van der Waals surface area contributed by atoms with Gasteiger partial charge in [0, 0.05) is 6.61 Å². The molecule has 2 aliphatic carbocycles. The maximum Gasteiger partial charge on any atom is 0.573 e. The number of halogens is 4. The monoisotopic (exact) mass is 425 g/mol. The van der Waals surface area contributed by atoms with Crippen molar-refractivity contribution in [1.29, 1.82) is 5.26 Å². The molecule has 1 aromatic carbocycles. The van der Waals surface area contributed by atoms with Crippen molar-refractivity contribution in [2.24, 2.45) is 11.8 Å². The van der Waals surface area contributed by atoms with E-state index in [1.807, 2.05) is 0 Å². The number of hydrogen-bond acceptors (Lipinski definition) is 3. The summed E-state index contributed by atoms with van der Waals surface area (Å²) in [5, 5.41) is 8.53. The molecule has 0 radical (unpaired) electrons. The number of ether oxygens (including phenoxy) is 2. The van der Waals surface area contributed by atoms with E-state index in [2.05, 4.69) is 4.74 Å². The molecule has 3 nitrogen and oxygen atoms in total. The van der Waals surface area contributed by atoms with Crippen LogP contribution in [0, 0.1) is 23.2 Å². The quantitative estimate of drug-likeness (QED) is 0.371. The first kappa shape index (κ1) is 22.6. The Bertz CT molecular complexity index is 738. The van der Waals surface area contributed by atoms with Gasteiger partial charge in [0.15, 0.2) is 5.83 Å². The van der Waals surface area contributed by atoms with Gasteiger partial charge in [0.1, 0.15) is 11.8 Å². The fraction of sp³-hybridized carbons (Fsp3) is 0.609. The van der Waals surface area contributed by atoms with Gasteiger partial charge in [0.05, 0.1) is 6.10 Å². The van der Waals surface area contributed by atoms with Crippen molar-refractivity contribution in [2.45, 2.75) is 69.8 Å². The molecule has 0 amide bonds. The van der Waals surface area contributed by atoms with Crippen LogP contribution in [0.2, 0.25) is 0 Å². The predicted octanol–water partition coefficient (Wildman–Crippen LogP) is 6.81. The Labute approximate surface area is 174 Å². The highest BCUT2D eigenvalue weighted by Crippen LogP contribution is 2.37. The molecule has 0 spiro atoms. The Morgan fingerprint density at radius 2 is 1.63 bits per heavy atom. The Hall–Kier alpha value is -2.07. The lowest BCUT2D eigenvalue weighted by molar-refractivity contribution is -0.274. The summed E-state index contributed by atoms with van der Waals surface area (Å²) in [6, 6.07) is 7.75. The summed E-state index contributed by atoms with van der Waals surface area (Å²) < 4.78 is 59.9. The highest BCUT2D eigenvalue weighted by molar-refractivity contribution is 5.29. The minimum Gasteiger partial charge on any atom is -0.406 e. The van der Waals surface area contributed by atoms with Gasteiger partial charge in [-0.05, 0) is 92.9 Å². The third kappa shape index (κ3) is 7.02. The largest absolute Gasteiger partial charge is 0.573 e. The normalized spacial score (nSPS) is 28.0. The summed E-state index contributed by atoms with van der Waals surface area (Å²) in [7, 11) is 0. The average Bonchev–Trinajstić information content (AvgIpc) is 2.73. The molecule has 0 N–H and O–H groups in total. The summed E-state index contributed by atoms with van der Waals surface area (Å²) in [6.07, 6.45) is 4.52. The molecule has 0 unspecified atom stereocenters. The number of allylic oxidation sites excluding steroid dienone is 2. The van der Waals surface area contributed by atoms with Crippen LogP contribution in [-0.4, -0.2) is 19.1 Å². The lowest BCUT2D eigenvalue weighted by Gasteiger charge is -2.32. The lowest BCUT2D eigenvalue weighted by Crippen LogP contribution is -2.25. The van der Waals surface area contributed by atoms with E-state index in [0.717, 1.165) is 63.5 Å². The van der Waals surface area contributed by atoms with Crippen LogP contribution >= 0.6 is 0 Å². The maximum absolute atomic E-state index is 13.1. The zero-order chi connectivity index (χ0) is 21.6.